The summed E-state index contributed by atoms with van der Waals surface area (Å²) in [5.41, 5.74) is 12.3. The van der Waals surface area contributed by atoms with Crippen LogP contribution in [0.4, 0.5) is 17.1 Å². The van der Waals surface area contributed by atoms with Crippen LogP contribution in [-0.4, -0.2) is 4.57 Å². The molecular formula is C45H32N2S. The van der Waals surface area contributed by atoms with Crippen molar-refractivity contribution in [2.75, 3.05) is 4.90 Å². The second kappa shape index (κ2) is 10.2. The standard InChI is InChI=1S/C45H32N2S/c1-45(2)37-14-6-9-17-41(37)47(32-24-26-44-36(28-32)35-13-5-10-18-43(35)48-44)42-25-21-30(27-38(42)45)29-19-22-31(23-20-29)46-39-15-7-3-11-33(39)34-12-4-8-16-40(34)46/h3-28H,1-2H3. The molecule has 1 aliphatic heterocycles. The average molecular weight is 633 g/mol. The minimum Gasteiger partial charge on any atom is -0.310 e. The summed E-state index contributed by atoms with van der Waals surface area (Å²) in [6.45, 7) is 4.74. The molecule has 0 amide bonds. The lowest BCUT2D eigenvalue weighted by atomic mass is 9.73. The van der Waals surface area contributed by atoms with Gasteiger partial charge < -0.3 is 9.47 Å². The van der Waals surface area contributed by atoms with Crippen molar-refractivity contribution in [2.24, 2.45) is 0 Å². The molecule has 0 radical (unpaired) electrons. The van der Waals surface area contributed by atoms with Crippen LogP contribution in [0.25, 0.3) is 58.8 Å². The highest BCUT2D eigenvalue weighted by Gasteiger charge is 2.37. The maximum Gasteiger partial charge on any atom is 0.0541 e. The Morgan fingerprint density at radius 2 is 1.02 bits per heavy atom. The molecule has 48 heavy (non-hydrogen) atoms. The number of hydrogen-bond donors (Lipinski definition) is 0. The fourth-order valence-electron chi connectivity index (χ4n) is 8.02. The van der Waals surface area contributed by atoms with E-state index in [4.69, 9.17) is 0 Å². The molecule has 0 unspecified atom stereocenters. The molecule has 2 nitrogen and oxygen atoms in total. The normalized spacial score (nSPS) is 13.8. The molecule has 3 heterocycles. The first-order chi connectivity index (χ1) is 23.6. The molecule has 2 aromatic heterocycles. The lowest BCUT2D eigenvalue weighted by Gasteiger charge is -2.42. The third-order valence-electron chi connectivity index (χ3n) is 10.4. The fraction of sp³-hybridized carbons (Fsp3) is 0.0667. The second-order valence-electron chi connectivity index (χ2n) is 13.4. The summed E-state index contributed by atoms with van der Waals surface area (Å²) in [6, 6.07) is 58.2. The molecule has 0 atom stereocenters. The predicted molar refractivity (Wildman–Crippen MR) is 206 cm³/mol. The Bertz CT molecular complexity index is 2650. The Morgan fingerprint density at radius 3 is 1.79 bits per heavy atom. The van der Waals surface area contributed by atoms with Crippen LogP contribution < -0.4 is 4.90 Å². The SMILES string of the molecule is CC1(C)c2ccccc2N(c2ccc3sc4ccccc4c3c2)c2ccc(-c3ccc(-n4c5ccccc5c5ccccc54)cc3)cc21. The van der Waals surface area contributed by atoms with Crippen molar-refractivity contribution in [3.63, 3.8) is 0 Å². The zero-order valence-corrected chi connectivity index (χ0v) is 27.6. The number of nitrogens with zero attached hydrogens (tertiary/aromatic N) is 2. The summed E-state index contributed by atoms with van der Waals surface area (Å²) in [6.07, 6.45) is 0. The van der Waals surface area contributed by atoms with Crippen LogP contribution in [0.1, 0.15) is 25.0 Å². The molecular weight excluding hydrogens is 601 g/mol. The summed E-state index contributed by atoms with van der Waals surface area (Å²) >= 11 is 1.87. The Balaban J connectivity index is 1.10. The van der Waals surface area contributed by atoms with E-state index in [9.17, 15) is 0 Å². The number of para-hydroxylation sites is 3. The van der Waals surface area contributed by atoms with E-state index in [0.717, 1.165) is 0 Å². The van der Waals surface area contributed by atoms with Crippen molar-refractivity contribution in [3.05, 3.63) is 169 Å². The van der Waals surface area contributed by atoms with Gasteiger partial charge in [0.2, 0.25) is 0 Å². The van der Waals surface area contributed by atoms with E-state index in [2.05, 4.69) is 181 Å². The second-order valence-corrected chi connectivity index (χ2v) is 14.5. The molecule has 0 saturated carbocycles. The summed E-state index contributed by atoms with van der Waals surface area (Å²) in [4.78, 5) is 2.47. The monoisotopic (exact) mass is 632 g/mol. The zero-order valence-electron chi connectivity index (χ0n) is 26.8. The van der Waals surface area contributed by atoms with Gasteiger partial charge in [-0.1, -0.05) is 105 Å². The van der Waals surface area contributed by atoms with Crippen molar-refractivity contribution >= 4 is 70.4 Å². The summed E-state index contributed by atoms with van der Waals surface area (Å²) in [7, 11) is 0. The molecule has 0 N–H and O–H groups in total. The first-order valence-electron chi connectivity index (χ1n) is 16.6. The van der Waals surface area contributed by atoms with E-state index >= 15 is 0 Å². The third kappa shape index (κ3) is 3.92. The smallest absolute Gasteiger partial charge is 0.0541 e. The van der Waals surface area contributed by atoms with Crippen LogP contribution in [0, 0.1) is 0 Å². The molecule has 9 aromatic rings. The average Bonchev–Trinajstić information content (AvgIpc) is 3.67. The Kier molecular flexibility index (Phi) is 5.82. The molecule has 0 aliphatic carbocycles. The van der Waals surface area contributed by atoms with E-state index in [0.29, 0.717) is 0 Å². The summed E-state index contributed by atoms with van der Waals surface area (Å²) in [5.74, 6) is 0. The van der Waals surface area contributed by atoms with Gasteiger partial charge in [-0.25, -0.2) is 0 Å². The largest absolute Gasteiger partial charge is 0.310 e. The minimum absolute atomic E-state index is 0.166. The van der Waals surface area contributed by atoms with Crippen LogP contribution in [0.15, 0.2) is 158 Å². The Labute approximate surface area is 283 Å². The number of thiophene rings is 1. The van der Waals surface area contributed by atoms with Gasteiger partial charge in [0.25, 0.3) is 0 Å². The van der Waals surface area contributed by atoms with Gasteiger partial charge in [0.1, 0.15) is 0 Å². The van der Waals surface area contributed by atoms with Crippen molar-refractivity contribution in [2.45, 2.75) is 19.3 Å². The first-order valence-corrected chi connectivity index (χ1v) is 17.4. The Hall–Kier alpha value is -5.64. The van der Waals surface area contributed by atoms with Crippen LogP contribution in [-0.2, 0) is 5.41 Å². The topological polar surface area (TPSA) is 8.17 Å². The molecule has 0 fully saturated rings. The van der Waals surface area contributed by atoms with E-state index in [1.54, 1.807) is 0 Å². The highest BCUT2D eigenvalue weighted by Crippen LogP contribution is 2.53. The number of anilines is 3. The van der Waals surface area contributed by atoms with E-state index in [1.165, 1.54) is 87.0 Å². The number of rotatable bonds is 3. The first kappa shape index (κ1) is 27.5. The van der Waals surface area contributed by atoms with Gasteiger partial charge in [0.15, 0.2) is 0 Å². The van der Waals surface area contributed by atoms with Gasteiger partial charge in [-0.2, -0.15) is 0 Å². The predicted octanol–water partition coefficient (Wildman–Crippen LogP) is 12.9. The zero-order chi connectivity index (χ0) is 32.0. The van der Waals surface area contributed by atoms with Gasteiger partial charge >= 0.3 is 0 Å². The van der Waals surface area contributed by atoms with Gasteiger partial charge in [0, 0.05) is 47.7 Å². The lowest BCUT2D eigenvalue weighted by Crippen LogP contribution is -2.30. The maximum absolute atomic E-state index is 2.47. The van der Waals surface area contributed by atoms with E-state index in [1.807, 2.05) is 11.3 Å². The van der Waals surface area contributed by atoms with Gasteiger partial charge in [-0.3, -0.25) is 0 Å². The fourth-order valence-corrected chi connectivity index (χ4v) is 9.10. The van der Waals surface area contributed by atoms with Crippen LogP contribution >= 0.6 is 11.3 Å². The van der Waals surface area contributed by atoms with E-state index < -0.39 is 0 Å². The van der Waals surface area contributed by atoms with Gasteiger partial charge in [-0.05, 0) is 89.0 Å². The molecule has 228 valence electrons. The van der Waals surface area contributed by atoms with Crippen LogP contribution in [0.2, 0.25) is 0 Å². The number of fused-ring (bicyclic) bond motifs is 8. The van der Waals surface area contributed by atoms with E-state index in [-0.39, 0.29) is 5.41 Å². The molecule has 0 bridgehead atoms. The third-order valence-corrected chi connectivity index (χ3v) is 11.5. The highest BCUT2D eigenvalue weighted by atomic mass is 32.1. The highest BCUT2D eigenvalue weighted by molar-refractivity contribution is 7.25. The number of hydrogen-bond acceptors (Lipinski definition) is 2. The molecule has 1 aliphatic rings. The van der Waals surface area contributed by atoms with Crippen LogP contribution in [0.5, 0.6) is 0 Å². The van der Waals surface area contributed by atoms with Crippen LogP contribution in [0.3, 0.4) is 0 Å². The van der Waals surface area contributed by atoms with Crippen molar-refractivity contribution in [1.82, 2.24) is 4.57 Å². The molecule has 0 spiro atoms. The minimum atomic E-state index is -0.166. The maximum atomic E-state index is 2.47. The van der Waals surface area contributed by atoms with Crippen molar-refractivity contribution < 1.29 is 0 Å². The van der Waals surface area contributed by atoms with Crippen molar-refractivity contribution in [1.29, 1.82) is 0 Å². The quantitative estimate of drug-likeness (QED) is 0.188. The lowest BCUT2D eigenvalue weighted by molar-refractivity contribution is 0.632. The molecule has 7 aromatic carbocycles. The summed E-state index contributed by atoms with van der Waals surface area (Å²) in [5, 5.41) is 5.21. The molecule has 0 saturated heterocycles. The summed E-state index contributed by atoms with van der Waals surface area (Å²) < 4.78 is 5.04. The number of aromatic nitrogens is 1. The van der Waals surface area contributed by atoms with Gasteiger partial charge in [0.05, 0.1) is 22.4 Å². The van der Waals surface area contributed by atoms with Crippen molar-refractivity contribution in [3.8, 4) is 16.8 Å². The Morgan fingerprint density at radius 1 is 0.438 bits per heavy atom. The molecule has 3 heteroatoms. The molecule has 10 rings (SSSR count). The number of benzene rings is 7. The van der Waals surface area contributed by atoms with Gasteiger partial charge in [-0.15, -0.1) is 11.3 Å².